The predicted molar refractivity (Wildman–Crippen MR) is 95.3 cm³/mol. The van der Waals surface area contributed by atoms with Gasteiger partial charge in [-0.3, -0.25) is 0 Å². The number of alkyl halides is 1. The SMILES string of the molecule is Clc1cccc(Cl)c1CC(CBr)Cc1ccc(Br)cc1. The molecule has 0 bridgehead atoms. The molecule has 4 heteroatoms. The Morgan fingerprint density at radius 2 is 1.50 bits per heavy atom. The fourth-order valence-electron chi connectivity index (χ4n) is 2.15. The van der Waals surface area contributed by atoms with E-state index in [-0.39, 0.29) is 0 Å². The first-order chi connectivity index (χ1) is 9.60. The summed E-state index contributed by atoms with van der Waals surface area (Å²) in [6.07, 6.45) is 1.87. The Kier molecular flexibility index (Phi) is 6.41. The zero-order chi connectivity index (χ0) is 14.5. The van der Waals surface area contributed by atoms with E-state index in [1.165, 1.54) is 5.56 Å². The predicted octanol–water partition coefficient (Wildman–Crippen LogP) is 6.55. The summed E-state index contributed by atoms with van der Waals surface area (Å²) in [6, 6.07) is 14.1. The fraction of sp³-hybridized carbons (Fsp3) is 0.250. The number of rotatable bonds is 5. The van der Waals surface area contributed by atoms with E-state index < -0.39 is 0 Å². The van der Waals surface area contributed by atoms with Gasteiger partial charge < -0.3 is 0 Å². The second kappa shape index (κ2) is 7.84. The number of benzene rings is 2. The topological polar surface area (TPSA) is 0 Å². The average Bonchev–Trinajstić information content (AvgIpc) is 2.44. The first-order valence-electron chi connectivity index (χ1n) is 6.33. The molecule has 0 nitrogen and oxygen atoms in total. The lowest BCUT2D eigenvalue weighted by atomic mass is 9.94. The van der Waals surface area contributed by atoms with Gasteiger partial charge in [0.1, 0.15) is 0 Å². The molecular formula is C16H14Br2Cl2. The highest BCUT2D eigenvalue weighted by atomic mass is 79.9. The second-order valence-electron chi connectivity index (χ2n) is 4.76. The molecule has 0 amide bonds. The third-order valence-electron chi connectivity index (χ3n) is 3.21. The molecule has 20 heavy (non-hydrogen) atoms. The molecule has 0 spiro atoms. The first kappa shape index (κ1) is 16.4. The van der Waals surface area contributed by atoms with Gasteiger partial charge >= 0.3 is 0 Å². The van der Waals surface area contributed by atoms with Gasteiger partial charge in [0.15, 0.2) is 0 Å². The van der Waals surface area contributed by atoms with E-state index in [1.807, 2.05) is 18.2 Å². The van der Waals surface area contributed by atoms with Crippen molar-refractivity contribution in [3.63, 3.8) is 0 Å². The zero-order valence-corrected chi connectivity index (χ0v) is 15.4. The molecule has 2 rings (SSSR count). The summed E-state index contributed by atoms with van der Waals surface area (Å²) in [6.45, 7) is 0. The molecule has 0 fully saturated rings. The molecule has 0 aliphatic heterocycles. The van der Waals surface area contributed by atoms with Crippen molar-refractivity contribution in [2.45, 2.75) is 12.8 Å². The molecule has 1 atom stereocenters. The van der Waals surface area contributed by atoms with Gasteiger partial charge in [0.25, 0.3) is 0 Å². The number of hydrogen-bond donors (Lipinski definition) is 0. The van der Waals surface area contributed by atoms with Gasteiger partial charge in [-0.2, -0.15) is 0 Å². The lowest BCUT2D eigenvalue weighted by molar-refractivity contribution is 0.591. The second-order valence-corrected chi connectivity index (χ2v) is 7.13. The first-order valence-corrected chi connectivity index (χ1v) is 9.00. The van der Waals surface area contributed by atoms with Crippen LogP contribution in [-0.4, -0.2) is 5.33 Å². The molecule has 0 aliphatic rings. The zero-order valence-electron chi connectivity index (χ0n) is 10.8. The van der Waals surface area contributed by atoms with Crippen LogP contribution < -0.4 is 0 Å². The molecule has 2 aromatic rings. The van der Waals surface area contributed by atoms with Gasteiger partial charge in [-0.1, -0.05) is 73.3 Å². The van der Waals surface area contributed by atoms with E-state index in [2.05, 4.69) is 56.1 Å². The summed E-state index contributed by atoms with van der Waals surface area (Å²) in [5.74, 6) is 0.466. The lowest BCUT2D eigenvalue weighted by Gasteiger charge is -2.16. The summed E-state index contributed by atoms with van der Waals surface area (Å²) in [5.41, 5.74) is 2.36. The van der Waals surface area contributed by atoms with Crippen LogP contribution in [0.4, 0.5) is 0 Å². The highest BCUT2D eigenvalue weighted by Gasteiger charge is 2.14. The quantitative estimate of drug-likeness (QED) is 0.466. The van der Waals surface area contributed by atoms with Gasteiger partial charge in [0.2, 0.25) is 0 Å². The van der Waals surface area contributed by atoms with Crippen LogP contribution in [0.25, 0.3) is 0 Å². The minimum absolute atomic E-state index is 0.466. The minimum Gasteiger partial charge on any atom is -0.0925 e. The van der Waals surface area contributed by atoms with E-state index in [4.69, 9.17) is 23.2 Å². The van der Waals surface area contributed by atoms with E-state index in [0.717, 1.165) is 38.3 Å². The smallest absolute Gasteiger partial charge is 0.0452 e. The van der Waals surface area contributed by atoms with Crippen LogP contribution in [0.15, 0.2) is 46.9 Å². The van der Waals surface area contributed by atoms with Gasteiger partial charge in [-0.25, -0.2) is 0 Å². The van der Waals surface area contributed by atoms with Crippen molar-refractivity contribution in [2.75, 3.05) is 5.33 Å². The molecule has 0 aromatic heterocycles. The largest absolute Gasteiger partial charge is 0.0925 e. The van der Waals surface area contributed by atoms with Crippen molar-refractivity contribution in [3.8, 4) is 0 Å². The van der Waals surface area contributed by atoms with Crippen molar-refractivity contribution < 1.29 is 0 Å². The highest BCUT2D eigenvalue weighted by Crippen LogP contribution is 2.28. The monoisotopic (exact) mass is 434 g/mol. The Hall–Kier alpha value is -0.0200. The van der Waals surface area contributed by atoms with Crippen molar-refractivity contribution in [1.29, 1.82) is 0 Å². The molecule has 0 saturated carbocycles. The Morgan fingerprint density at radius 3 is 2.05 bits per heavy atom. The van der Waals surface area contributed by atoms with Crippen LogP contribution in [0.2, 0.25) is 10.0 Å². The van der Waals surface area contributed by atoms with Crippen molar-refractivity contribution in [3.05, 3.63) is 68.1 Å². The van der Waals surface area contributed by atoms with E-state index in [1.54, 1.807) is 0 Å². The molecule has 106 valence electrons. The average molecular weight is 437 g/mol. The molecular weight excluding hydrogens is 423 g/mol. The fourth-order valence-corrected chi connectivity index (χ4v) is 3.43. The molecule has 0 N–H and O–H groups in total. The summed E-state index contributed by atoms with van der Waals surface area (Å²) in [5, 5.41) is 2.42. The Balaban J connectivity index is 2.11. The van der Waals surface area contributed by atoms with Gasteiger partial charge in [0, 0.05) is 19.8 Å². The summed E-state index contributed by atoms with van der Waals surface area (Å²) in [4.78, 5) is 0. The Bertz CT molecular complexity index is 547. The third-order valence-corrected chi connectivity index (χ3v) is 5.36. The standard InChI is InChI=1S/C16H14Br2Cl2/c17-10-12(8-11-4-6-13(18)7-5-11)9-14-15(19)2-1-3-16(14)20/h1-7,12H,8-10H2. The van der Waals surface area contributed by atoms with Crippen LogP contribution in [0.3, 0.4) is 0 Å². The Morgan fingerprint density at radius 1 is 0.900 bits per heavy atom. The van der Waals surface area contributed by atoms with Crippen molar-refractivity contribution >= 4 is 55.1 Å². The summed E-state index contributed by atoms with van der Waals surface area (Å²) in [7, 11) is 0. The third kappa shape index (κ3) is 4.49. The van der Waals surface area contributed by atoms with Gasteiger partial charge in [-0.05, 0) is 54.2 Å². The van der Waals surface area contributed by atoms with E-state index in [9.17, 15) is 0 Å². The molecule has 2 aromatic carbocycles. The maximum Gasteiger partial charge on any atom is 0.0452 e. The van der Waals surface area contributed by atoms with Crippen LogP contribution in [0.1, 0.15) is 11.1 Å². The van der Waals surface area contributed by atoms with Gasteiger partial charge in [0.05, 0.1) is 0 Å². The van der Waals surface area contributed by atoms with Gasteiger partial charge in [-0.15, -0.1) is 0 Å². The Labute approximate surface area is 146 Å². The number of hydrogen-bond acceptors (Lipinski definition) is 0. The number of halogens is 4. The minimum atomic E-state index is 0.466. The summed E-state index contributed by atoms with van der Waals surface area (Å²) < 4.78 is 1.10. The maximum absolute atomic E-state index is 6.25. The van der Waals surface area contributed by atoms with Crippen LogP contribution in [0.5, 0.6) is 0 Å². The normalized spacial score (nSPS) is 12.4. The molecule has 1 unspecified atom stereocenters. The van der Waals surface area contributed by atoms with E-state index in [0.29, 0.717) is 5.92 Å². The van der Waals surface area contributed by atoms with Crippen molar-refractivity contribution in [1.82, 2.24) is 0 Å². The van der Waals surface area contributed by atoms with Crippen LogP contribution in [0, 0.1) is 5.92 Å². The molecule has 0 aliphatic carbocycles. The van der Waals surface area contributed by atoms with Crippen molar-refractivity contribution in [2.24, 2.45) is 5.92 Å². The summed E-state index contributed by atoms with van der Waals surface area (Å²) >= 11 is 19.6. The molecule has 0 radical (unpaired) electrons. The van der Waals surface area contributed by atoms with Crippen LogP contribution >= 0.6 is 55.1 Å². The highest BCUT2D eigenvalue weighted by molar-refractivity contribution is 9.10. The van der Waals surface area contributed by atoms with E-state index >= 15 is 0 Å². The molecule has 0 saturated heterocycles. The lowest BCUT2D eigenvalue weighted by Crippen LogP contribution is -2.10. The maximum atomic E-state index is 6.25. The van der Waals surface area contributed by atoms with Crippen LogP contribution in [-0.2, 0) is 12.8 Å². The molecule has 0 heterocycles.